The Morgan fingerprint density at radius 2 is 2.15 bits per heavy atom. The average Bonchev–Trinajstić information content (AvgIpc) is 2.64. The monoisotopic (exact) mass is 183 g/mol. The highest BCUT2D eigenvalue weighted by molar-refractivity contribution is 5.15. The fraction of sp³-hybridized carbons (Fsp3) is 1.00. The molecule has 1 aliphatic heterocycles. The molecule has 1 saturated heterocycles. The fourth-order valence-corrected chi connectivity index (χ4v) is 2.41. The van der Waals surface area contributed by atoms with Crippen molar-refractivity contribution in [2.45, 2.75) is 44.8 Å². The third-order valence-electron chi connectivity index (χ3n) is 3.53. The largest absolute Gasteiger partial charge is 0.374 e. The maximum Gasteiger partial charge on any atom is 0.0660 e. The van der Waals surface area contributed by atoms with Gasteiger partial charge in [-0.15, -0.1) is 0 Å². The van der Waals surface area contributed by atoms with E-state index in [1.54, 1.807) is 0 Å². The number of hydrogen-bond acceptors (Lipinski definition) is 2. The minimum atomic E-state index is 0.0192. The molecule has 0 bridgehead atoms. The summed E-state index contributed by atoms with van der Waals surface area (Å²) in [7, 11) is 2.24. The van der Waals surface area contributed by atoms with E-state index in [2.05, 4.69) is 32.7 Å². The molecule has 0 spiro atoms. The standard InChI is InChI=1S/C11H21NO/c1-10(2,3)13-8-11-7-9(11)5-6-12(11)4/h9H,5-8H2,1-4H3. The molecule has 2 fully saturated rings. The second-order valence-electron chi connectivity index (χ2n) is 5.62. The first-order valence-corrected chi connectivity index (χ1v) is 5.29. The number of likely N-dealkylation sites (N-methyl/N-ethyl adjacent to an activating group) is 1. The Balaban J connectivity index is 1.89. The topological polar surface area (TPSA) is 12.5 Å². The van der Waals surface area contributed by atoms with Gasteiger partial charge in [-0.1, -0.05) is 0 Å². The Bertz CT molecular complexity index is 209. The zero-order valence-electron chi connectivity index (χ0n) is 9.26. The van der Waals surface area contributed by atoms with Crippen LogP contribution in [0.5, 0.6) is 0 Å². The summed E-state index contributed by atoms with van der Waals surface area (Å²) < 4.78 is 5.89. The molecule has 2 heteroatoms. The summed E-state index contributed by atoms with van der Waals surface area (Å²) in [6, 6.07) is 0. The van der Waals surface area contributed by atoms with Gasteiger partial charge in [-0.25, -0.2) is 0 Å². The van der Waals surface area contributed by atoms with E-state index in [9.17, 15) is 0 Å². The molecule has 0 amide bonds. The molecule has 13 heavy (non-hydrogen) atoms. The third kappa shape index (κ3) is 1.62. The lowest BCUT2D eigenvalue weighted by atomic mass is 10.1. The van der Waals surface area contributed by atoms with Crippen molar-refractivity contribution in [2.75, 3.05) is 20.2 Å². The lowest BCUT2D eigenvalue weighted by molar-refractivity contribution is -0.0350. The molecule has 0 radical (unpaired) electrons. The van der Waals surface area contributed by atoms with Crippen LogP contribution in [0.2, 0.25) is 0 Å². The van der Waals surface area contributed by atoms with Crippen molar-refractivity contribution in [3.63, 3.8) is 0 Å². The molecule has 76 valence electrons. The maximum atomic E-state index is 5.89. The van der Waals surface area contributed by atoms with Gasteiger partial charge in [0.15, 0.2) is 0 Å². The highest BCUT2D eigenvalue weighted by atomic mass is 16.5. The summed E-state index contributed by atoms with van der Waals surface area (Å²) in [5.41, 5.74) is 0.457. The zero-order valence-corrected chi connectivity index (χ0v) is 9.26. The summed E-state index contributed by atoms with van der Waals surface area (Å²) >= 11 is 0. The second kappa shape index (κ2) is 2.71. The van der Waals surface area contributed by atoms with Gasteiger partial charge in [-0.05, 0) is 53.1 Å². The normalized spacial score (nSPS) is 39.2. The summed E-state index contributed by atoms with van der Waals surface area (Å²) in [6.45, 7) is 8.60. The highest BCUT2D eigenvalue weighted by Crippen LogP contribution is 2.55. The van der Waals surface area contributed by atoms with Crippen LogP contribution in [0.15, 0.2) is 0 Å². The van der Waals surface area contributed by atoms with Gasteiger partial charge in [0.05, 0.1) is 12.2 Å². The van der Waals surface area contributed by atoms with Gasteiger partial charge >= 0.3 is 0 Å². The molecule has 2 rings (SSSR count). The fourth-order valence-electron chi connectivity index (χ4n) is 2.41. The van der Waals surface area contributed by atoms with E-state index in [1.807, 2.05) is 0 Å². The third-order valence-corrected chi connectivity index (χ3v) is 3.53. The summed E-state index contributed by atoms with van der Waals surface area (Å²) in [5, 5.41) is 0. The van der Waals surface area contributed by atoms with Gasteiger partial charge in [0, 0.05) is 5.54 Å². The predicted octanol–water partition coefficient (Wildman–Crippen LogP) is 1.90. The Hall–Kier alpha value is -0.0800. The van der Waals surface area contributed by atoms with Crippen molar-refractivity contribution in [3.8, 4) is 0 Å². The molecule has 1 aliphatic carbocycles. The molecule has 2 nitrogen and oxygen atoms in total. The molecule has 2 aliphatic rings. The van der Waals surface area contributed by atoms with Crippen molar-refractivity contribution in [1.29, 1.82) is 0 Å². The number of piperidine rings is 1. The lowest BCUT2D eigenvalue weighted by Crippen LogP contribution is -2.38. The number of fused-ring (bicyclic) bond motifs is 1. The minimum absolute atomic E-state index is 0.0192. The Morgan fingerprint density at radius 1 is 1.46 bits per heavy atom. The first kappa shape index (κ1) is 9.47. The maximum absolute atomic E-state index is 5.89. The summed E-state index contributed by atoms with van der Waals surface area (Å²) in [6.07, 6.45) is 2.74. The van der Waals surface area contributed by atoms with Crippen LogP contribution >= 0.6 is 0 Å². The van der Waals surface area contributed by atoms with E-state index in [0.717, 1.165) is 12.5 Å². The van der Waals surface area contributed by atoms with Crippen LogP contribution in [0.1, 0.15) is 33.6 Å². The van der Waals surface area contributed by atoms with Gasteiger partial charge in [0.25, 0.3) is 0 Å². The van der Waals surface area contributed by atoms with E-state index in [1.165, 1.54) is 19.4 Å². The first-order chi connectivity index (χ1) is 5.94. The van der Waals surface area contributed by atoms with Gasteiger partial charge in [0.1, 0.15) is 0 Å². The molecule has 1 saturated carbocycles. The molecule has 1 heterocycles. The van der Waals surface area contributed by atoms with Crippen molar-refractivity contribution in [2.24, 2.45) is 5.92 Å². The van der Waals surface area contributed by atoms with Gasteiger partial charge in [-0.3, -0.25) is 4.90 Å². The van der Waals surface area contributed by atoms with Crippen LogP contribution in [-0.2, 0) is 4.74 Å². The van der Waals surface area contributed by atoms with E-state index in [4.69, 9.17) is 4.74 Å². The van der Waals surface area contributed by atoms with Crippen LogP contribution in [-0.4, -0.2) is 36.2 Å². The van der Waals surface area contributed by atoms with Crippen LogP contribution in [0.3, 0.4) is 0 Å². The molecular formula is C11H21NO. The van der Waals surface area contributed by atoms with Gasteiger partial charge < -0.3 is 4.74 Å². The molecule has 0 aromatic rings. The Labute approximate surface area is 81.3 Å². The predicted molar refractivity (Wildman–Crippen MR) is 53.8 cm³/mol. The smallest absolute Gasteiger partial charge is 0.0660 e. The van der Waals surface area contributed by atoms with E-state index >= 15 is 0 Å². The van der Waals surface area contributed by atoms with Gasteiger partial charge in [-0.2, -0.15) is 0 Å². The molecule has 0 aromatic carbocycles. The number of ether oxygens (including phenoxy) is 1. The Morgan fingerprint density at radius 3 is 2.54 bits per heavy atom. The summed E-state index contributed by atoms with van der Waals surface area (Å²) in [5.74, 6) is 0.930. The first-order valence-electron chi connectivity index (χ1n) is 5.29. The molecule has 2 unspecified atom stereocenters. The SMILES string of the molecule is CN1CCC2CC21COC(C)(C)C. The quantitative estimate of drug-likeness (QED) is 0.648. The van der Waals surface area contributed by atoms with Crippen LogP contribution in [0.25, 0.3) is 0 Å². The average molecular weight is 183 g/mol. The zero-order chi connectivity index (χ0) is 9.69. The number of hydrogen-bond donors (Lipinski definition) is 0. The lowest BCUT2D eigenvalue weighted by Gasteiger charge is -2.28. The minimum Gasteiger partial charge on any atom is -0.374 e. The summed E-state index contributed by atoms with van der Waals surface area (Å²) in [4.78, 5) is 2.49. The van der Waals surface area contributed by atoms with Crippen LogP contribution in [0, 0.1) is 5.92 Å². The van der Waals surface area contributed by atoms with Crippen molar-refractivity contribution < 1.29 is 4.74 Å². The van der Waals surface area contributed by atoms with Crippen molar-refractivity contribution in [1.82, 2.24) is 4.90 Å². The number of nitrogens with zero attached hydrogens (tertiary/aromatic N) is 1. The van der Waals surface area contributed by atoms with Crippen molar-refractivity contribution >= 4 is 0 Å². The second-order valence-corrected chi connectivity index (χ2v) is 5.62. The van der Waals surface area contributed by atoms with Crippen molar-refractivity contribution in [3.05, 3.63) is 0 Å². The van der Waals surface area contributed by atoms with E-state index < -0.39 is 0 Å². The molecule has 0 aromatic heterocycles. The van der Waals surface area contributed by atoms with E-state index in [-0.39, 0.29) is 5.60 Å². The van der Waals surface area contributed by atoms with E-state index in [0.29, 0.717) is 5.54 Å². The van der Waals surface area contributed by atoms with Crippen LogP contribution in [0.4, 0.5) is 0 Å². The highest BCUT2D eigenvalue weighted by Gasteiger charge is 2.60. The van der Waals surface area contributed by atoms with Gasteiger partial charge in [0.2, 0.25) is 0 Å². The molecule has 2 atom stereocenters. The number of rotatable bonds is 2. The molecule has 0 N–H and O–H groups in total. The molecular weight excluding hydrogens is 162 g/mol. The number of likely N-dealkylation sites (tertiary alicyclic amines) is 1. The Kier molecular flexibility index (Phi) is 1.97. The van der Waals surface area contributed by atoms with Crippen LogP contribution < -0.4 is 0 Å².